The van der Waals surface area contributed by atoms with E-state index in [-0.39, 0.29) is 25.0 Å². The zero-order chi connectivity index (χ0) is 14.2. The first-order valence-corrected chi connectivity index (χ1v) is 6.89. The summed E-state index contributed by atoms with van der Waals surface area (Å²) < 4.78 is 15.8. The van der Waals surface area contributed by atoms with Gasteiger partial charge >= 0.3 is 5.97 Å². The molecule has 21 heavy (non-hydrogen) atoms. The van der Waals surface area contributed by atoms with Gasteiger partial charge in [-0.15, -0.1) is 12.4 Å². The standard InChI is InChI=1S/C15H21NO4.ClH/c1-13-2-4-14(5-3-13)20-12-15(17)19-11-8-16-6-9-18-10-7-16;/h2-5H,6-12H2,1H3;1H. The number of esters is 1. The van der Waals surface area contributed by atoms with Crippen LogP contribution in [0.25, 0.3) is 0 Å². The Labute approximate surface area is 131 Å². The molecule has 2 rings (SSSR count). The summed E-state index contributed by atoms with van der Waals surface area (Å²) in [7, 11) is 0. The van der Waals surface area contributed by atoms with Gasteiger partial charge in [0.2, 0.25) is 0 Å². The fraction of sp³-hybridized carbons (Fsp3) is 0.533. The van der Waals surface area contributed by atoms with Crippen LogP contribution in [0.4, 0.5) is 0 Å². The Kier molecular flexibility index (Phi) is 8.12. The molecule has 0 radical (unpaired) electrons. The van der Waals surface area contributed by atoms with Crippen molar-refractivity contribution in [3.8, 4) is 5.75 Å². The van der Waals surface area contributed by atoms with Gasteiger partial charge in [-0.05, 0) is 19.1 Å². The number of ether oxygens (including phenoxy) is 3. The van der Waals surface area contributed by atoms with Crippen LogP contribution < -0.4 is 4.74 Å². The van der Waals surface area contributed by atoms with Gasteiger partial charge in [0.15, 0.2) is 6.61 Å². The van der Waals surface area contributed by atoms with Crippen molar-refractivity contribution >= 4 is 18.4 Å². The molecule has 0 spiro atoms. The molecule has 1 fully saturated rings. The van der Waals surface area contributed by atoms with E-state index in [0.717, 1.165) is 38.4 Å². The van der Waals surface area contributed by atoms with Crippen molar-refractivity contribution in [2.75, 3.05) is 46.1 Å². The van der Waals surface area contributed by atoms with Gasteiger partial charge in [0.25, 0.3) is 0 Å². The highest BCUT2D eigenvalue weighted by Crippen LogP contribution is 2.11. The fourth-order valence-electron chi connectivity index (χ4n) is 1.93. The van der Waals surface area contributed by atoms with E-state index in [1.165, 1.54) is 0 Å². The third-order valence-corrected chi connectivity index (χ3v) is 3.15. The van der Waals surface area contributed by atoms with Gasteiger partial charge in [-0.2, -0.15) is 0 Å². The molecular weight excluding hydrogens is 294 g/mol. The summed E-state index contributed by atoms with van der Waals surface area (Å²) in [6.07, 6.45) is 0. The molecule has 1 aliphatic heterocycles. The molecule has 1 heterocycles. The fourth-order valence-corrected chi connectivity index (χ4v) is 1.93. The van der Waals surface area contributed by atoms with Crippen LogP contribution in [0.5, 0.6) is 5.75 Å². The minimum absolute atomic E-state index is 0. The predicted molar refractivity (Wildman–Crippen MR) is 82.1 cm³/mol. The second kappa shape index (κ2) is 9.60. The monoisotopic (exact) mass is 315 g/mol. The highest BCUT2D eigenvalue weighted by molar-refractivity contribution is 5.85. The molecular formula is C15H22ClNO4. The number of morpholine rings is 1. The summed E-state index contributed by atoms with van der Waals surface area (Å²) in [5.41, 5.74) is 1.16. The average molecular weight is 316 g/mol. The number of halogens is 1. The minimum atomic E-state index is -0.334. The number of nitrogens with zero attached hydrogens (tertiary/aromatic N) is 1. The van der Waals surface area contributed by atoms with Gasteiger partial charge in [-0.1, -0.05) is 17.7 Å². The molecule has 0 atom stereocenters. The van der Waals surface area contributed by atoms with Crippen molar-refractivity contribution in [2.24, 2.45) is 0 Å². The van der Waals surface area contributed by atoms with E-state index in [2.05, 4.69) is 4.90 Å². The number of carbonyl (C=O) groups excluding carboxylic acids is 1. The molecule has 5 nitrogen and oxygen atoms in total. The summed E-state index contributed by atoms with van der Waals surface area (Å²) in [6, 6.07) is 7.57. The van der Waals surface area contributed by atoms with Gasteiger partial charge in [0.05, 0.1) is 13.2 Å². The Bertz CT molecular complexity index is 418. The number of rotatable bonds is 6. The Morgan fingerprint density at radius 2 is 1.90 bits per heavy atom. The lowest BCUT2D eigenvalue weighted by molar-refractivity contribution is -0.146. The lowest BCUT2D eigenvalue weighted by atomic mass is 10.2. The van der Waals surface area contributed by atoms with Crippen molar-refractivity contribution in [1.29, 1.82) is 0 Å². The number of aryl methyl sites for hydroxylation is 1. The topological polar surface area (TPSA) is 48.0 Å². The van der Waals surface area contributed by atoms with E-state index < -0.39 is 0 Å². The van der Waals surface area contributed by atoms with E-state index in [9.17, 15) is 4.79 Å². The predicted octanol–water partition coefficient (Wildman–Crippen LogP) is 1.67. The zero-order valence-corrected chi connectivity index (χ0v) is 13.1. The molecule has 0 unspecified atom stereocenters. The summed E-state index contributed by atoms with van der Waals surface area (Å²) in [5, 5.41) is 0. The maximum absolute atomic E-state index is 11.5. The molecule has 0 saturated carbocycles. The van der Waals surface area contributed by atoms with E-state index in [1.807, 2.05) is 31.2 Å². The normalized spacial score (nSPS) is 15.1. The van der Waals surface area contributed by atoms with Crippen molar-refractivity contribution in [3.63, 3.8) is 0 Å². The second-order valence-electron chi connectivity index (χ2n) is 4.78. The van der Waals surface area contributed by atoms with E-state index in [1.54, 1.807) is 0 Å². The Hall–Kier alpha value is -1.30. The van der Waals surface area contributed by atoms with Gasteiger partial charge in [0, 0.05) is 19.6 Å². The maximum Gasteiger partial charge on any atom is 0.344 e. The first-order chi connectivity index (χ1) is 9.74. The van der Waals surface area contributed by atoms with Crippen molar-refractivity contribution in [2.45, 2.75) is 6.92 Å². The van der Waals surface area contributed by atoms with E-state index >= 15 is 0 Å². The molecule has 0 N–H and O–H groups in total. The van der Waals surface area contributed by atoms with Crippen molar-refractivity contribution in [3.05, 3.63) is 29.8 Å². The van der Waals surface area contributed by atoms with Gasteiger partial charge in [-0.25, -0.2) is 4.79 Å². The molecule has 0 aromatic heterocycles. The summed E-state index contributed by atoms with van der Waals surface area (Å²) >= 11 is 0. The quantitative estimate of drug-likeness (QED) is 0.747. The molecule has 1 saturated heterocycles. The SMILES string of the molecule is Cc1ccc(OCC(=O)OCCN2CCOCC2)cc1.Cl. The van der Waals surface area contributed by atoms with Crippen LogP contribution >= 0.6 is 12.4 Å². The minimum Gasteiger partial charge on any atom is -0.482 e. The van der Waals surface area contributed by atoms with E-state index in [0.29, 0.717) is 12.4 Å². The number of carbonyl (C=O) groups is 1. The first-order valence-electron chi connectivity index (χ1n) is 6.89. The lowest BCUT2D eigenvalue weighted by Crippen LogP contribution is -2.38. The van der Waals surface area contributed by atoms with Crippen molar-refractivity contribution < 1.29 is 19.0 Å². The third-order valence-electron chi connectivity index (χ3n) is 3.15. The third kappa shape index (κ3) is 6.80. The number of hydrogen-bond donors (Lipinski definition) is 0. The molecule has 1 aromatic rings. The number of hydrogen-bond acceptors (Lipinski definition) is 5. The van der Waals surface area contributed by atoms with Crippen molar-refractivity contribution in [1.82, 2.24) is 4.90 Å². The number of benzene rings is 1. The lowest BCUT2D eigenvalue weighted by Gasteiger charge is -2.26. The molecule has 1 aromatic carbocycles. The summed E-state index contributed by atoms with van der Waals surface area (Å²) in [6.45, 7) is 6.41. The Morgan fingerprint density at radius 1 is 1.24 bits per heavy atom. The average Bonchev–Trinajstić information content (AvgIpc) is 2.48. The van der Waals surface area contributed by atoms with Gasteiger partial charge in [-0.3, -0.25) is 4.90 Å². The summed E-state index contributed by atoms with van der Waals surface area (Å²) in [5.74, 6) is 0.347. The van der Waals surface area contributed by atoms with Crippen LogP contribution in [0.2, 0.25) is 0 Å². The van der Waals surface area contributed by atoms with E-state index in [4.69, 9.17) is 14.2 Å². The van der Waals surface area contributed by atoms with Gasteiger partial charge < -0.3 is 14.2 Å². The smallest absolute Gasteiger partial charge is 0.344 e. The highest BCUT2D eigenvalue weighted by atomic mass is 35.5. The highest BCUT2D eigenvalue weighted by Gasteiger charge is 2.11. The van der Waals surface area contributed by atoms with Crippen LogP contribution in [0.15, 0.2) is 24.3 Å². The Morgan fingerprint density at radius 3 is 2.57 bits per heavy atom. The van der Waals surface area contributed by atoms with Crippen LogP contribution in [-0.4, -0.2) is 56.9 Å². The van der Waals surface area contributed by atoms with Crippen LogP contribution in [0, 0.1) is 6.92 Å². The molecule has 0 amide bonds. The largest absolute Gasteiger partial charge is 0.482 e. The zero-order valence-electron chi connectivity index (χ0n) is 12.2. The second-order valence-corrected chi connectivity index (χ2v) is 4.78. The Balaban J connectivity index is 0.00000220. The molecule has 0 aliphatic carbocycles. The van der Waals surface area contributed by atoms with Crippen LogP contribution in [-0.2, 0) is 14.3 Å². The summed E-state index contributed by atoms with van der Waals surface area (Å²) in [4.78, 5) is 13.8. The molecule has 0 bridgehead atoms. The first kappa shape index (κ1) is 17.8. The van der Waals surface area contributed by atoms with Crippen LogP contribution in [0.1, 0.15) is 5.56 Å². The van der Waals surface area contributed by atoms with Gasteiger partial charge in [0.1, 0.15) is 12.4 Å². The maximum atomic E-state index is 11.5. The molecule has 118 valence electrons. The molecule has 1 aliphatic rings. The molecule has 6 heteroatoms. The van der Waals surface area contributed by atoms with Crippen LogP contribution in [0.3, 0.4) is 0 Å².